The van der Waals surface area contributed by atoms with Crippen molar-refractivity contribution in [3.8, 4) is 0 Å². The van der Waals surface area contributed by atoms with Crippen LogP contribution < -0.4 is 13.1 Å². The predicted molar refractivity (Wildman–Crippen MR) is 121 cm³/mol. The van der Waals surface area contributed by atoms with Crippen molar-refractivity contribution in [2.75, 3.05) is 0 Å². The van der Waals surface area contributed by atoms with E-state index in [2.05, 4.69) is 72.8 Å². The van der Waals surface area contributed by atoms with Crippen molar-refractivity contribution < 1.29 is 4.79 Å². The summed E-state index contributed by atoms with van der Waals surface area (Å²) in [7, 11) is 0. The summed E-state index contributed by atoms with van der Waals surface area (Å²) in [5.74, 6) is 0.0876. The first-order chi connectivity index (χ1) is 13.8. The van der Waals surface area contributed by atoms with Crippen molar-refractivity contribution in [1.29, 1.82) is 0 Å². The van der Waals surface area contributed by atoms with Gasteiger partial charge in [-0.1, -0.05) is 0 Å². The molecular weight excluding hydrogens is 403 g/mol. The van der Waals surface area contributed by atoms with E-state index in [0.29, 0.717) is 0 Å². The quantitative estimate of drug-likeness (QED) is 0.355. The third-order valence-corrected chi connectivity index (χ3v) is 13.2. The molecule has 4 aromatic rings. The first-order valence-corrected chi connectivity index (χ1v) is 13.2. The van der Waals surface area contributed by atoms with Gasteiger partial charge in [0.15, 0.2) is 0 Å². The van der Waals surface area contributed by atoms with Gasteiger partial charge in [-0.3, -0.25) is 0 Å². The third-order valence-electron chi connectivity index (χ3n) is 4.86. The number of ketones is 1. The Labute approximate surface area is 168 Å². The molecule has 0 heterocycles. The van der Waals surface area contributed by atoms with E-state index in [1.165, 1.54) is 13.1 Å². The summed E-state index contributed by atoms with van der Waals surface area (Å²) in [5, 5.41) is 0. The van der Waals surface area contributed by atoms with E-state index < -0.39 is 13.1 Å². The van der Waals surface area contributed by atoms with Crippen LogP contribution in [0.4, 0.5) is 0 Å². The molecule has 0 atom stereocenters. The molecule has 4 aromatic carbocycles. The molecule has 136 valence electrons. The zero-order valence-electron chi connectivity index (χ0n) is 15.5. The average molecular weight is 424 g/mol. The molecule has 0 amide bonds. The number of hydrogen-bond donors (Lipinski definition) is 0. The molecule has 0 saturated heterocycles. The van der Waals surface area contributed by atoms with Gasteiger partial charge in [-0.2, -0.15) is 0 Å². The molecule has 0 aliphatic carbocycles. The summed E-state index contributed by atoms with van der Waals surface area (Å²) in [6.45, 7) is 0. The Kier molecular flexibility index (Phi) is 5.46. The van der Waals surface area contributed by atoms with Crippen LogP contribution in [-0.4, -0.2) is 23.7 Å². The second-order valence-corrected chi connectivity index (χ2v) is 13.4. The fourth-order valence-electron chi connectivity index (χ4n) is 3.51. The molecule has 0 radical (unpaired) electrons. The Morgan fingerprint density at radius 2 is 0.821 bits per heavy atom. The second-order valence-electron chi connectivity index (χ2n) is 6.59. The Balaban J connectivity index is 2.07. The molecule has 0 saturated carbocycles. The molecule has 4 rings (SSSR count). The van der Waals surface area contributed by atoms with Gasteiger partial charge in [0.1, 0.15) is 0 Å². The van der Waals surface area contributed by atoms with Crippen LogP contribution in [0.3, 0.4) is 0 Å². The number of rotatable bonds is 5. The van der Waals surface area contributed by atoms with Crippen LogP contribution in [0.1, 0.15) is 10.4 Å². The van der Waals surface area contributed by atoms with E-state index in [1.54, 1.807) is 0 Å². The molecule has 0 fully saturated rings. The summed E-state index contributed by atoms with van der Waals surface area (Å²) >= 11 is -3.11. The maximum atomic E-state index is 13.4. The number of hydrogen-bond acceptors (Lipinski definition) is 1. The SMILES string of the molecule is O=C(C=[As](c1ccccc1)(c1ccccc1)c1ccccc1)c1ccccc1. The number of carbonyl (C=O) groups is 1. The van der Waals surface area contributed by atoms with E-state index >= 15 is 0 Å². The van der Waals surface area contributed by atoms with Gasteiger partial charge in [0.2, 0.25) is 0 Å². The summed E-state index contributed by atoms with van der Waals surface area (Å²) in [5.41, 5.74) is 0.732. The molecule has 0 unspecified atom stereocenters. The summed E-state index contributed by atoms with van der Waals surface area (Å²) in [4.78, 5) is 15.4. The molecule has 0 N–H and O–H groups in total. The first-order valence-electron chi connectivity index (χ1n) is 9.31. The van der Waals surface area contributed by atoms with Crippen molar-refractivity contribution in [2.45, 2.75) is 0 Å². The van der Waals surface area contributed by atoms with Gasteiger partial charge in [-0.05, 0) is 0 Å². The Morgan fingerprint density at radius 3 is 1.18 bits per heavy atom. The maximum absolute atomic E-state index is 13.4. The van der Waals surface area contributed by atoms with E-state index in [4.69, 9.17) is 0 Å². The van der Waals surface area contributed by atoms with Crippen molar-refractivity contribution in [3.05, 3.63) is 127 Å². The van der Waals surface area contributed by atoms with Gasteiger partial charge in [-0.25, -0.2) is 0 Å². The van der Waals surface area contributed by atoms with Crippen molar-refractivity contribution in [3.63, 3.8) is 0 Å². The Bertz CT molecular complexity index is 999. The van der Waals surface area contributed by atoms with Gasteiger partial charge >= 0.3 is 168 Å². The van der Waals surface area contributed by atoms with Crippen LogP contribution >= 0.6 is 0 Å². The second kappa shape index (κ2) is 8.33. The molecule has 1 nitrogen and oxygen atoms in total. The summed E-state index contributed by atoms with van der Waals surface area (Å²) < 4.78 is 3.71. The van der Waals surface area contributed by atoms with Gasteiger partial charge in [0.05, 0.1) is 0 Å². The molecule has 0 aliphatic rings. The van der Waals surface area contributed by atoms with Crippen LogP contribution in [0.2, 0.25) is 0 Å². The van der Waals surface area contributed by atoms with Gasteiger partial charge in [-0.15, -0.1) is 0 Å². The van der Waals surface area contributed by atoms with Gasteiger partial charge in [0.25, 0.3) is 0 Å². The van der Waals surface area contributed by atoms with Crippen LogP contribution in [0, 0.1) is 0 Å². The molecule has 0 aromatic heterocycles. The number of Topliss-reactive ketones (excluding diaryl/α,β-unsaturated/α-hetero) is 1. The van der Waals surface area contributed by atoms with Crippen LogP contribution in [0.5, 0.6) is 0 Å². The zero-order valence-corrected chi connectivity index (χ0v) is 17.4. The number of benzene rings is 4. The molecule has 0 aliphatic heterocycles. The average Bonchev–Trinajstić information content (AvgIpc) is 2.80. The first kappa shape index (κ1) is 18.3. The number of carbonyl (C=O) groups excluding carboxylic acids is 1. The normalized spacial score (nSPS) is 11.0. The molecule has 28 heavy (non-hydrogen) atoms. The van der Waals surface area contributed by atoms with Crippen LogP contribution in [0.15, 0.2) is 121 Å². The van der Waals surface area contributed by atoms with E-state index in [-0.39, 0.29) is 5.78 Å². The Hall–Kier alpha value is -3.02. The van der Waals surface area contributed by atoms with Crippen molar-refractivity contribution in [2.24, 2.45) is 0 Å². The zero-order chi connectivity index (χ0) is 19.2. The van der Waals surface area contributed by atoms with Crippen LogP contribution in [-0.2, 0) is 0 Å². The standard InChI is InChI=1S/C26H21AsO/c28-26(22-13-5-1-6-14-22)21-27(23-15-7-2-8-16-23,24-17-9-3-10-18-24)25-19-11-4-12-20-25/h1-21H. The minimum atomic E-state index is -3.11. The van der Waals surface area contributed by atoms with Crippen molar-refractivity contribution in [1.82, 2.24) is 0 Å². The summed E-state index contributed by atoms with van der Waals surface area (Å²) in [6.07, 6.45) is 0. The topological polar surface area (TPSA) is 17.1 Å². The third kappa shape index (κ3) is 3.54. The molecular formula is C26H21AsO. The predicted octanol–water partition coefficient (Wildman–Crippen LogP) is 3.42. The fraction of sp³-hybridized carbons (Fsp3) is 0. The van der Waals surface area contributed by atoms with E-state index in [1.807, 2.05) is 53.3 Å². The molecule has 0 bridgehead atoms. The van der Waals surface area contributed by atoms with Crippen molar-refractivity contribution >= 4 is 36.8 Å². The molecule has 2 heteroatoms. The monoisotopic (exact) mass is 424 g/mol. The van der Waals surface area contributed by atoms with Crippen LogP contribution in [0.25, 0.3) is 0 Å². The van der Waals surface area contributed by atoms with E-state index in [0.717, 1.165) is 5.56 Å². The summed E-state index contributed by atoms with van der Waals surface area (Å²) in [6, 6.07) is 41.1. The van der Waals surface area contributed by atoms with Gasteiger partial charge in [0, 0.05) is 0 Å². The van der Waals surface area contributed by atoms with E-state index in [9.17, 15) is 4.79 Å². The fourth-order valence-corrected chi connectivity index (χ4v) is 11.4. The minimum absolute atomic E-state index is 0.0876. The Morgan fingerprint density at radius 1 is 0.500 bits per heavy atom. The van der Waals surface area contributed by atoms with Gasteiger partial charge < -0.3 is 0 Å². The molecule has 0 spiro atoms.